The van der Waals surface area contributed by atoms with Crippen molar-refractivity contribution in [3.8, 4) is 0 Å². The lowest BCUT2D eigenvalue weighted by molar-refractivity contribution is 0.316. The van der Waals surface area contributed by atoms with Crippen LogP contribution in [0.4, 0.5) is 87.8 Å². The standard InChI is InChI=1S/C24BF20.C11H16ClO2S/c26-5-1(6(27)14(35)21(42)13(5)34)25(2-7(28)15(36)22(43)16(37)8(2)29,3-9(30)17(38)23(44)18(39)10(3)31)4-11(32)19(40)24(45)20(41)12(4)33;12-11-3-1-2-10(8-11)9-15(6-4-13)7-5-14/h;1-3,8,13-14H,4-7,9H2/q-1;+1. The van der Waals surface area contributed by atoms with Gasteiger partial charge < -0.3 is 10.2 Å². The second kappa shape index (κ2) is 18.5. The van der Waals surface area contributed by atoms with Gasteiger partial charge in [0.1, 0.15) is 69.9 Å². The van der Waals surface area contributed by atoms with E-state index in [0.717, 1.165) is 22.3 Å². The molecule has 0 saturated heterocycles. The molecule has 0 radical (unpaired) electrons. The highest BCUT2D eigenvalue weighted by molar-refractivity contribution is 7.96. The minimum absolute atomic E-state index is 0.0576. The lowest BCUT2D eigenvalue weighted by atomic mass is 9.12. The van der Waals surface area contributed by atoms with E-state index in [4.69, 9.17) is 21.8 Å². The van der Waals surface area contributed by atoms with Gasteiger partial charge in [0.2, 0.25) is 0 Å². The molecule has 0 amide bonds. The number of hydrogen-bond acceptors (Lipinski definition) is 2. The Hall–Kier alpha value is -4.68. The van der Waals surface area contributed by atoms with Gasteiger partial charge in [-0.05, 0) is 23.0 Å². The Balaban J connectivity index is 0.000000445. The van der Waals surface area contributed by atoms with Crippen LogP contribution in [0, 0.1) is 116 Å². The van der Waals surface area contributed by atoms with Crippen LogP contribution >= 0.6 is 11.6 Å². The van der Waals surface area contributed by atoms with Gasteiger partial charge in [0.25, 0.3) is 0 Å². The van der Waals surface area contributed by atoms with Crippen molar-refractivity contribution in [1.29, 1.82) is 0 Å². The first-order valence-electron chi connectivity index (χ1n) is 15.8. The van der Waals surface area contributed by atoms with E-state index in [1.165, 1.54) is 5.56 Å². The average Bonchev–Trinajstić information content (AvgIpc) is 3.21. The summed E-state index contributed by atoms with van der Waals surface area (Å²) < 4.78 is 294. The zero-order chi connectivity index (χ0) is 45.5. The molecule has 25 heteroatoms. The Kier molecular flexibility index (Phi) is 14.8. The maximum absolute atomic E-state index is 15.4. The molecule has 0 unspecified atom stereocenters. The van der Waals surface area contributed by atoms with Gasteiger partial charge in [-0.3, -0.25) is 0 Å². The largest absolute Gasteiger partial charge is 0.391 e. The van der Waals surface area contributed by atoms with Crippen LogP contribution in [0.2, 0.25) is 5.02 Å². The summed E-state index contributed by atoms with van der Waals surface area (Å²) in [4.78, 5) is 0. The molecule has 0 spiro atoms. The summed E-state index contributed by atoms with van der Waals surface area (Å²) in [7, 11) is 0.0576. The van der Waals surface area contributed by atoms with Crippen LogP contribution < -0.4 is 21.9 Å². The molecule has 5 rings (SSSR count). The molecule has 60 heavy (non-hydrogen) atoms. The lowest BCUT2D eigenvalue weighted by Gasteiger charge is -2.44. The predicted octanol–water partition coefficient (Wildman–Crippen LogP) is 7.29. The highest BCUT2D eigenvalue weighted by Crippen LogP contribution is 2.31. The fourth-order valence-electron chi connectivity index (χ4n) is 6.24. The minimum atomic E-state index is -7.22. The molecule has 0 fully saturated rings. The molecule has 0 aliphatic rings. The van der Waals surface area contributed by atoms with Gasteiger partial charge in [0.05, 0.1) is 13.2 Å². The first-order valence-corrected chi connectivity index (χ1v) is 17.9. The highest BCUT2D eigenvalue weighted by Gasteiger charge is 2.52. The monoisotopic (exact) mass is 926 g/mol. The molecule has 0 aliphatic heterocycles. The quantitative estimate of drug-likeness (QED) is 0.0509. The molecule has 0 bridgehead atoms. The summed E-state index contributed by atoms with van der Waals surface area (Å²) in [5, 5.41) is 18.5. The third-order valence-corrected chi connectivity index (χ3v) is 11.2. The zero-order valence-corrected chi connectivity index (χ0v) is 30.2. The molecule has 5 aromatic rings. The Morgan fingerprint density at radius 2 is 0.617 bits per heavy atom. The van der Waals surface area contributed by atoms with Crippen molar-refractivity contribution in [2.75, 3.05) is 24.7 Å². The smallest absolute Gasteiger partial charge is 0.200 e. The van der Waals surface area contributed by atoms with Gasteiger partial charge in [-0.25, -0.2) is 87.8 Å². The number of hydrogen-bond donors (Lipinski definition) is 2. The maximum atomic E-state index is 15.4. The molecule has 0 heterocycles. The summed E-state index contributed by atoms with van der Waals surface area (Å²) in [5.41, 5.74) is -13.2. The van der Waals surface area contributed by atoms with E-state index in [9.17, 15) is 52.7 Å². The number of benzene rings is 5. The van der Waals surface area contributed by atoms with E-state index < -0.39 is 144 Å². The molecule has 2 N–H and O–H groups in total. The second-order valence-electron chi connectivity index (χ2n) is 12.0. The van der Waals surface area contributed by atoms with Crippen molar-refractivity contribution in [2.45, 2.75) is 5.75 Å². The summed E-state index contributed by atoms with van der Waals surface area (Å²) in [6.45, 7) is 0.368. The summed E-state index contributed by atoms with van der Waals surface area (Å²) >= 11 is 5.89. The van der Waals surface area contributed by atoms with Crippen LogP contribution in [0.3, 0.4) is 0 Å². The molecule has 0 saturated carbocycles. The first kappa shape index (κ1) is 48.0. The number of halogens is 21. The average molecular weight is 927 g/mol. The Labute approximate surface area is 329 Å². The van der Waals surface area contributed by atoms with E-state index >= 15 is 35.1 Å². The Bertz CT molecular complexity index is 2100. The third kappa shape index (κ3) is 7.97. The van der Waals surface area contributed by atoms with Crippen LogP contribution in [-0.4, -0.2) is 41.1 Å². The molecule has 5 aromatic carbocycles. The molecule has 2 nitrogen and oxygen atoms in total. The molecule has 0 aliphatic carbocycles. The SMILES string of the molecule is Fc1c(F)c(F)c([B-](c2c(F)c(F)c(F)c(F)c2F)(c2c(F)c(F)c(F)c(F)c2F)c2c(F)c(F)c(F)c(F)c2F)c(F)c1F.OCC[S+](CCO)Cc1cccc(Cl)c1. The van der Waals surface area contributed by atoms with Crippen LogP contribution in [0.1, 0.15) is 5.56 Å². The van der Waals surface area contributed by atoms with Crippen molar-refractivity contribution < 1.29 is 98.0 Å². The molecule has 0 atom stereocenters. The summed E-state index contributed by atoms with van der Waals surface area (Å²) in [6.07, 6.45) is -7.22. The van der Waals surface area contributed by atoms with Gasteiger partial charge >= 0.3 is 0 Å². The van der Waals surface area contributed by atoms with Gasteiger partial charge in [-0.15, -0.1) is 21.9 Å². The van der Waals surface area contributed by atoms with E-state index in [-0.39, 0.29) is 24.1 Å². The van der Waals surface area contributed by atoms with Crippen LogP contribution in [-0.2, 0) is 16.6 Å². The van der Waals surface area contributed by atoms with Gasteiger partial charge in [0, 0.05) is 10.6 Å². The van der Waals surface area contributed by atoms with E-state index in [0.29, 0.717) is 0 Å². The number of aliphatic hydroxyl groups excluding tert-OH is 2. The van der Waals surface area contributed by atoms with Crippen molar-refractivity contribution in [2.24, 2.45) is 0 Å². The van der Waals surface area contributed by atoms with Crippen molar-refractivity contribution in [1.82, 2.24) is 0 Å². The Morgan fingerprint density at radius 3 is 0.833 bits per heavy atom. The first-order chi connectivity index (χ1) is 28.0. The summed E-state index contributed by atoms with van der Waals surface area (Å²) in [5.74, 6) is -69.0. The fourth-order valence-corrected chi connectivity index (χ4v) is 8.11. The molecule has 324 valence electrons. The zero-order valence-electron chi connectivity index (χ0n) is 28.7. The number of rotatable bonds is 10. The molecular weight excluding hydrogens is 911 g/mol. The van der Waals surface area contributed by atoms with E-state index in [1.54, 1.807) is 0 Å². The maximum Gasteiger partial charge on any atom is 0.200 e. The van der Waals surface area contributed by atoms with Crippen molar-refractivity contribution >= 4 is 50.5 Å². The Morgan fingerprint density at radius 1 is 0.383 bits per heavy atom. The molecule has 0 aromatic heterocycles. The minimum Gasteiger partial charge on any atom is -0.391 e. The predicted molar refractivity (Wildman–Crippen MR) is 176 cm³/mol. The lowest BCUT2D eigenvalue weighted by Crippen LogP contribution is -2.81. The van der Waals surface area contributed by atoms with Gasteiger partial charge in [0.15, 0.2) is 69.8 Å². The highest BCUT2D eigenvalue weighted by atomic mass is 35.5. The topological polar surface area (TPSA) is 40.5 Å². The van der Waals surface area contributed by atoms with Crippen molar-refractivity contribution in [3.05, 3.63) is 151 Å². The normalized spacial score (nSPS) is 11.7. The van der Waals surface area contributed by atoms with Crippen LogP contribution in [0.15, 0.2) is 24.3 Å². The van der Waals surface area contributed by atoms with Crippen LogP contribution in [0.5, 0.6) is 0 Å². The third-order valence-electron chi connectivity index (χ3n) is 8.73. The van der Waals surface area contributed by atoms with Crippen LogP contribution in [0.25, 0.3) is 0 Å². The summed E-state index contributed by atoms with van der Waals surface area (Å²) in [6, 6.07) is 7.75. The second-order valence-corrected chi connectivity index (χ2v) is 14.8. The van der Waals surface area contributed by atoms with Gasteiger partial charge in [-0.2, -0.15) is 0 Å². The van der Waals surface area contributed by atoms with Crippen molar-refractivity contribution in [3.63, 3.8) is 0 Å². The van der Waals surface area contributed by atoms with E-state index in [2.05, 4.69) is 0 Å². The molecular formula is C35H16BClF20O2S. The van der Waals surface area contributed by atoms with E-state index in [1.807, 2.05) is 24.3 Å². The number of aliphatic hydroxyl groups is 2. The fraction of sp³-hybridized carbons (Fsp3) is 0.143. The van der Waals surface area contributed by atoms with Gasteiger partial charge in [-0.1, -0.05) is 23.7 Å².